The molecular weight excluding hydrogens is 360 g/mol. The maximum absolute atomic E-state index is 12.9. The monoisotopic (exact) mass is 392 g/mol. The minimum Gasteiger partial charge on any atom is -0.342 e. The molecule has 2 amide bonds. The van der Waals surface area contributed by atoms with E-state index in [1.54, 1.807) is 0 Å². The van der Waals surface area contributed by atoms with Crippen LogP contribution in [0.25, 0.3) is 0 Å². The fraction of sp³-hybridized carbons (Fsp3) is 0.440. The van der Waals surface area contributed by atoms with E-state index >= 15 is 0 Å². The first-order valence-electron chi connectivity index (χ1n) is 10.6. The zero-order valence-electron chi connectivity index (χ0n) is 18.0. The van der Waals surface area contributed by atoms with Crippen molar-refractivity contribution in [1.29, 1.82) is 0 Å². The second kappa shape index (κ2) is 9.25. The largest absolute Gasteiger partial charge is 0.342 e. The molecule has 29 heavy (non-hydrogen) atoms. The smallest absolute Gasteiger partial charge is 0.227 e. The molecule has 4 heteroatoms. The van der Waals surface area contributed by atoms with Crippen LogP contribution in [0.3, 0.4) is 0 Å². The highest BCUT2D eigenvalue weighted by molar-refractivity contribution is 5.94. The first-order valence-corrected chi connectivity index (χ1v) is 10.6. The van der Waals surface area contributed by atoms with Gasteiger partial charge in [0.25, 0.3) is 0 Å². The van der Waals surface area contributed by atoms with Crippen LogP contribution in [0.2, 0.25) is 0 Å². The molecule has 3 rings (SSSR count). The van der Waals surface area contributed by atoms with E-state index in [-0.39, 0.29) is 17.7 Å². The SMILES string of the molecule is Cc1ccccc1CC(=O)N1CCC(C(=O)Nc2c(C)cccc2C(C)C)CC1. The second-order valence-corrected chi connectivity index (χ2v) is 8.44. The van der Waals surface area contributed by atoms with E-state index in [1.807, 2.05) is 55.1 Å². The Bertz CT molecular complexity index is 880. The Labute approximate surface area is 174 Å². The zero-order chi connectivity index (χ0) is 21.0. The lowest BCUT2D eigenvalue weighted by atomic mass is 9.93. The molecule has 0 atom stereocenters. The van der Waals surface area contributed by atoms with E-state index in [9.17, 15) is 9.59 Å². The van der Waals surface area contributed by atoms with Gasteiger partial charge in [0.15, 0.2) is 0 Å². The number of nitrogens with zero attached hydrogens (tertiary/aromatic N) is 1. The lowest BCUT2D eigenvalue weighted by Gasteiger charge is -2.32. The first kappa shape index (κ1) is 21.1. The normalized spacial score (nSPS) is 14.9. The predicted octanol–water partition coefficient (Wildman–Crippen LogP) is 4.85. The third-order valence-corrected chi connectivity index (χ3v) is 6.00. The van der Waals surface area contributed by atoms with E-state index in [0.29, 0.717) is 38.3 Å². The number of piperidine rings is 1. The minimum atomic E-state index is -0.0443. The second-order valence-electron chi connectivity index (χ2n) is 8.44. The summed E-state index contributed by atoms with van der Waals surface area (Å²) in [6.07, 6.45) is 1.87. The van der Waals surface area contributed by atoms with Crippen LogP contribution in [0.5, 0.6) is 0 Å². The molecule has 1 fully saturated rings. The lowest BCUT2D eigenvalue weighted by molar-refractivity contribution is -0.133. The Morgan fingerprint density at radius 2 is 1.66 bits per heavy atom. The number of carbonyl (C=O) groups is 2. The van der Waals surface area contributed by atoms with Crippen LogP contribution in [0.4, 0.5) is 5.69 Å². The molecule has 0 radical (unpaired) electrons. The number of rotatable bonds is 5. The van der Waals surface area contributed by atoms with E-state index in [0.717, 1.165) is 22.4 Å². The number of carbonyl (C=O) groups excluding carboxylic acids is 2. The van der Waals surface area contributed by atoms with Gasteiger partial charge in [0.1, 0.15) is 0 Å². The van der Waals surface area contributed by atoms with Crippen LogP contribution in [0, 0.1) is 19.8 Å². The molecule has 4 nitrogen and oxygen atoms in total. The van der Waals surface area contributed by atoms with Crippen molar-refractivity contribution in [3.63, 3.8) is 0 Å². The van der Waals surface area contributed by atoms with Crippen molar-refractivity contribution in [2.75, 3.05) is 18.4 Å². The van der Waals surface area contributed by atoms with Gasteiger partial charge in [-0.1, -0.05) is 56.3 Å². The Morgan fingerprint density at radius 1 is 1.00 bits per heavy atom. The molecule has 0 aliphatic carbocycles. The molecule has 0 bridgehead atoms. The van der Waals surface area contributed by atoms with Gasteiger partial charge < -0.3 is 10.2 Å². The highest BCUT2D eigenvalue weighted by Crippen LogP contribution is 2.29. The van der Waals surface area contributed by atoms with Gasteiger partial charge in [-0.05, 0) is 54.9 Å². The average molecular weight is 393 g/mol. The number of benzene rings is 2. The molecule has 0 saturated carbocycles. The lowest BCUT2D eigenvalue weighted by Crippen LogP contribution is -2.42. The van der Waals surface area contributed by atoms with Gasteiger partial charge in [-0.3, -0.25) is 9.59 Å². The van der Waals surface area contributed by atoms with Crippen molar-refractivity contribution in [3.05, 3.63) is 64.7 Å². The van der Waals surface area contributed by atoms with Gasteiger partial charge >= 0.3 is 0 Å². The Balaban J connectivity index is 1.58. The van der Waals surface area contributed by atoms with Crippen LogP contribution in [-0.4, -0.2) is 29.8 Å². The number of amides is 2. The topological polar surface area (TPSA) is 49.4 Å². The molecule has 0 unspecified atom stereocenters. The fourth-order valence-corrected chi connectivity index (χ4v) is 4.04. The molecule has 2 aromatic carbocycles. The summed E-state index contributed by atoms with van der Waals surface area (Å²) >= 11 is 0. The summed E-state index contributed by atoms with van der Waals surface area (Å²) in [7, 11) is 0. The van der Waals surface area contributed by atoms with Crippen molar-refractivity contribution in [3.8, 4) is 0 Å². The van der Waals surface area contributed by atoms with Gasteiger partial charge in [-0.25, -0.2) is 0 Å². The summed E-state index contributed by atoms with van der Waals surface area (Å²) in [5.41, 5.74) is 5.44. The van der Waals surface area contributed by atoms with Gasteiger partial charge in [-0.2, -0.15) is 0 Å². The first-order chi connectivity index (χ1) is 13.9. The maximum atomic E-state index is 12.9. The summed E-state index contributed by atoms with van der Waals surface area (Å²) in [6.45, 7) is 9.65. The minimum absolute atomic E-state index is 0.0443. The molecule has 0 aromatic heterocycles. The van der Waals surface area contributed by atoms with E-state index < -0.39 is 0 Å². The number of hydrogen-bond donors (Lipinski definition) is 1. The van der Waals surface area contributed by atoms with Crippen molar-refractivity contribution < 1.29 is 9.59 Å². The third-order valence-electron chi connectivity index (χ3n) is 6.00. The van der Waals surface area contributed by atoms with Gasteiger partial charge in [0, 0.05) is 24.7 Å². The van der Waals surface area contributed by atoms with Gasteiger partial charge in [0.05, 0.1) is 6.42 Å². The molecule has 1 aliphatic heterocycles. The van der Waals surface area contributed by atoms with E-state index in [2.05, 4.69) is 25.2 Å². The van der Waals surface area contributed by atoms with Crippen LogP contribution in [0.15, 0.2) is 42.5 Å². The Kier molecular flexibility index (Phi) is 6.73. The number of anilines is 1. The average Bonchev–Trinajstić information content (AvgIpc) is 2.71. The van der Waals surface area contributed by atoms with Gasteiger partial charge in [-0.15, -0.1) is 0 Å². The molecule has 1 aliphatic rings. The predicted molar refractivity (Wildman–Crippen MR) is 118 cm³/mol. The molecule has 1 saturated heterocycles. The summed E-state index contributed by atoms with van der Waals surface area (Å²) < 4.78 is 0. The van der Waals surface area contributed by atoms with Gasteiger partial charge in [0.2, 0.25) is 11.8 Å². The molecule has 1 heterocycles. The number of para-hydroxylation sites is 1. The summed E-state index contributed by atoms with van der Waals surface area (Å²) in [6, 6.07) is 14.2. The molecular formula is C25H32N2O2. The number of aryl methyl sites for hydroxylation is 2. The standard InChI is InChI=1S/C25H32N2O2/c1-17(2)22-11-7-9-19(4)24(22)26-25(29)20-12-14-27(15-13-20)23(28)16-21-10-6-5-8-18(21)3/h5-11,17,20H,12-16H2,1-4H3,(H,26,29). The molecule has 1 N–H and O–H groups in total. The Hall–Kier alpha value is -2.62. The quantitative estimate of drug-likeness (QED) is 0.791. The summed E-state index contributed by atoms with van der Waals surface area (Å²) in [4.78, 5) is 27.5. The van der Waals surface area contributed by atoms with Crippen molar-refractivity contribution in [2.24, 2.45) is 5.92 Å². The van der Waals surface area contributed by atoms with Crippen molar-refractivity contribution in [2.45, 2.75) is 52.9 Å². The van der Waals surface area contributed by atoms with E-state index in [1.165, 1.54) is 5.56 Å². The summed E-state index contributed by atoms with van der Waals surface area (Å²) in [5.74, 6) is 0.537. The summed E-state index contributed by atoms with van der Waals surface area (Å²) in [5, 5.41) is 3.18. The number of likely N-dealkylation sites (tertiary alicyclic amines) is 1. The zero-order valence-corrected chi connectivity index (χ0v) is 18.0. The number of nitrogens with one attached hydrogen (secondary N) is 1. The molecule has 2 aromatic rings. The highest BCUT2D eigenvalue weighted by atomic mass is 16.2. The van der Waals surface area contributed by atoms with Crippen LogP contribution >= 0.6 is 0 Å². The van der Waals surface area contributed by atoms with Crippen LogP contribution in [0.1, 0.15) is 54.9 Å². The highest BCUT2D eigenvalue weighted by Gasteiger charge is 2.28. The third kappa shape index (κ3) is 5.06. The number of hydrogen-bond acceptors (Lipinski definition) is 2. The molecule has 0 spiro atoms. The fourth-order valence-electron chi connectivity index (χ4n) is 4.04. The van der Waals surface area contributed by atoms with Crippen LogP contribution in [-0.2, 0) is 16.0 Å². The molecule has 154 valence electrons. The maximum Gasteiger partial charge on any atom is 0.227 e. The van der Waals surface area contributed by atoms with Crippen molar-refractivity contribution >= 4 is 17.5 Å². The van der Waals surface area contributed by atoms with E-state index in [4.69, 9.17) is 0 Å². The van der Waals surface area contributed by atoms with Crippen molar-refractivity contribution in [1.82, 2.24) is 4.90 Å². The Morgan fingerprint density at radius 3 is 2.31 bits per heavy atom. The van der Waals surface area contributed by atoms with Crippen LogP contribution < -0.4 is 5.32 Å².